The van der Waals surface area contributed by atoms with Gasteiger partial charge in [0.1, 0.15) is 7.11 Å². The topological polar surface area (TPSA) is 60.5 Å². The molecule has 0 radical (unpaired) electrons. The second-order valence-corrected chi connectivity index (χ2v) is 4.48. The van der Waals surface area contributed by atoms with Gasteiger partial charge in [0.05, 0.1) is 0 Å². The maximum atomic E-state index is 12.4. The minimum Gasteiger partial charge on any atom is -0.399 e. The Morgan fingerprint density at radius 3 is 2.59 bits per heavy atom. The SMILES string of the molecule is CO/N=C/CCCc1ccc(-c2noc(C(F)(F)F)n2)cc1. The molecule has 0 aliphatic carbocycles. The Hall–Kier alpha value is -2.38. The number of aromatic nitrogens is 2. The highest BCUT2D eigenvalue weighted by atomic mass is 19.4. The largest absolute Gasteiger partial charge is 0.471 e. The first kappa shape index (κ1) is 16.0. The smallest absolute Gasteiger partial charge is 0.399 e. The van der Waals surface area contributed by atoms with E-state index in [1.807, 2.05) is 12.1 Å². The molecule has 0 amide bonds. The van der Waals surface area contributed by atoms with Crippen molar-refractivity contribution in [3.8, 4) is 11.4 Å². The molecule has 0 aliphatic rings. The predicted molar refractivity (Wildman–Crippen MR) is 73.2 cm³/mol. The van der Waals surface area contributed by atoms with Crippen LogP contribution >= 0.6 is 0 Å². The van der Waals surface area contributed by atoms with E-state index in [1.54, 1.807) is 18.3 Å². The van der Waals surface area contributed by atoms with Gasteiger partial charge < -0.3 is 9.36 Å². The fraction of sp³-hybridized carbons (Fsp3) is 0.357. The summed E-state index contributed by atoms with van der Waals surface area (Å²) < 4.78 is 41.4. The molecular formula is C14H14F3N3O2. The molecule has 0 atom stereocenters. The monoisotopic (exact) mass is 313 g/mol. The third-order valence-electron chi connectivity index (χ3n) is 2.86. The van der Waals surface area contributed by atoms with Crippen LogP contribution in [0.25, 0.3) is 11.4 Å². The van der Waals surface area contributed by atoms with Crippen molar-refractivity contribution in [2.45, 2.75) is 25.4 Å². The molecule has 0 saturated carbocycles. The highest BCUT2D eigenvalue weighted by Gasteiger charge is 2.38. The van der Waals surface area contributed by atoms with Crippen molar-refractivity contribution in [3.05, 3.63) is 35.7 Å². The number of aryl methyl sites for hydroxylation is 1. The third-order valence-corrected chi connectivity index (χ3v) is 2.86. The molecule has 118 valence electrons. The summed E-state index contributed by atoms with van der Waals surface area (Å²) in [6, 6.07) is 6.99. The molecule has 0 spiro atoms. The number of rotatable bonds is 6. The van der Waals surface area contributed by atoms with Crippen LogP contribution in [-0.2, 0) is 17.4 Å². The van der Waals surface area contributed by atoms with Crippen LogP contribution in [0.5, 0.6) is 0 Å². The summed E-state index contributed by atoms with van der Waals surface area (Å²) in [5.41, 5.74) is 1.54. The van der Waals surface area contributed by atoms with Crippen molar-refractivity contribution >= 4 is 6.21 Å². The first-order valence-electron chi connectivity index (χ1n) is 6.56. The van der Waals surface area contributed by atoms with E-state index in [0.29, 0.717) is 5.56 Å². The lowest BCUT2D eigenvalue weighted by Crippen LogP contribution is -2.04. The molecule has 0 N–H and O–H groups in total. The molecule has 0 saturated heterocycles. The van der Waals surface area contributed by atoms with Crippen molar-refractivity contribution in [2.75, 3.05) is 7.11 Å². The lowest BCUT2D eigenvalue weighted by molar-refractivity contribution is -0.159. The van der Waals surface area contributed by atoms with E-state index in [4.69, 9.17) is 0 Å². The number of halogens is 3. The van der Waals surface area contributed by atoms with Gasteiger partial charge >= 0.3 is 12.1 Å². The summed E-state index contributed by atoms with van der Waals surface area (Å²) in [6.07, 6.45) is -0.431. The second kappa shape index (κ2) is 7.06. The Balaban J connectivity index is 1.97. The molecule has 0 aliphatic heterocycles. The molecule has 0 unspecified atom stereocenters. The van der Waals surface area contributed by atoms with Gasteiger partial charge in [-0.1, -0.05) is 34.6 Å². The van der Waals surface area contributed by atoms with Crippen molar-refractivity contribution in [1.82, 2.24) is 10.1 Å². The summed E-state index contributed by atoms with van der Waals surface area (Å²) >= 11 is 0. The zero-order chi connectivity index (χ0) is 16.0. The Morgan fingerprint density at radius 1 is 1.27 bits per heavy atom. The number of alkyl halides is 3. The maximum Gasteiger partial charge on any atom is 0.471 e. The Morgan fingerprint density at radius 2 is 2.00 bits per heavy atom. The minimum absolute atomic E-state index is 0.0777. The fourth-order valence-corrected chi connectivity index (χ4v) is 1.80. The number of hydrogen-bond acceptors (Lipinski definition) is 5. The summed E-state index contributed by atoms with van der Waals surface area (Å²) in [4.78, 5) is 7.89. The molecule has 22 heavy (non-hydrogen) atoms. The zero-order valence-electron chi connectivity index (χ0n) is 11.8. The number of hydrogen-bond donors (Lipinski definition) is 0. The van der Waals surface area contributed by atoms with Gasteiger partial charge in [-0.05, 0) is 24.8 Å². The molecular weight excluding hydrogens is 299 g/mol. The molecule has 1 heterocycles. The summed E-state index contributed by atoms with van der Waals surface area (Å²) in [5, 5.41) is 6.98. The van der Waals surface area contributed by atoms with Crippen molar-refractivity contribution in [3.63, 3.8) is 0 Å². The number of oxime groups is 1. The normalized spacial score (nSPS) is 12.0. The molecule has 8 heteroatoms. The highest BCUT2D eigenvalue weighted by molar-refractivity contribution is 5.56. The Labute approximate surface area is 124 Å². The van der Waals surface area contributed by atoms with Gasteiger partial charge in [-0.3, -0.25) is 0 Å². The van der Waals surface area contributed by atoms with Gasteiger partial charge in [0.25, 0.3) is 0 Å². The quantitative estimate of drug-likeness (QED) is 0.463. The van der Waals surface area contributed by atoms with Gasteiger partial charge in [-0.2, -0.15) is 18.2 Å². The fourth-order valence-electron chi connectivity index (χ4n) is 1.80. The number of benzene rings is 1. The molecule has 5 nitrogen and oxygen atoms in total. The second-order valence-electron chi connectivity index (χ2n) is 4.48. The van der Waals surface area contributed by atoms with E-state index in [1.165, 1.54) is 7.11 Å². The van der Waals surface area contributed by atoms with Gasteiger partial charge in [0.15, 0.2) is 0 Å². The lowest BCUT2D eigenvalue weighted by Gasteiger charge is -2.00. The van der Waals surface area contributed by atoms with Crippen LogP contribution in [0, 0.1) is 0 Å². The predicted octanol–water partition coefficient (Wildman–Crippen LogP) is 3.71. The molecule has 2 aromatic rings. The molecule has 1 aromatic heterocycles. The van der Waals surface area contributed by atoms with E-state index in [-0.39, 0.29) is 5.82 Å². The third kappa shape index (κ3) is 4.31. The minimum atomic E-state index is -4.63. The Bertz CT molecular complexity index is 621. The number of unbranched alkanes of at least 4 members (excludes halogenated alkanes) is 1. The van der Waals surface area contributed by atoms with Gasteiger partial charge in [0, 0.05) is 11.8 Å². The van der Waals surface area contributed by atoms with Crippen LogP contribution in [0.1, 0.15) is 24.3 Å². The van der Waals surface area contributed by atoms with Crippen LogP contribution in [0.4, 0.5) is 13.2 Å². The van der Waals surface area contributed by atoms with E-state index in [9.17, 15) is 13.2 Å². The molecule has 0 bridgehead atoms. The first-order valence-corrected chi connectivity index (χ1v) is 6.56. The van der Waals surface area contributed by atoms with Crippen molar-refractivity contribution in [2.24, 2.45) is 5.16 Å². The first-order chi connectivity index (χ1) is 10.5. The van der Waals surface area contributed by atoms with Crippen LogP contribution in [-0.4, -0.2) is 23.5 Å². The van der Waals surface area contributed by atoms with Gasteiger partial charge in [0.2, 0.25) is 5.82 Å². The average Bonchev–Trinajstić information content (AvgIpc) is 2.98. The summed E-state index contributed by atoms with van der Waals surface area (Å²) in [5.74, 6) is -1.42. The molecule has 1 aromatic carbocycles. The van der Waals surface area contributed by atoms with Crippen LogP contribution in [0.3, 0.4) is 0 Å². The maximum absolute atomic E-state index is 12.4. The molecule has 0 fully saturated rings. The van der Waals surface area contributed by atoms with Crippen molar-refractivity contribution in [1.29, 1.82) is 0 Å². The number of nitrogens with zero attached hydrogens (tertiary/aromatic N) is 3. The highest BCUT2D eigenvalue weighted by Crippen LogP contribution is 2.29. The van der Waals surface area contributed by atoms with Gasteiger partial charge in [-0.15, -0.1) is 0 Å². The van der Waals surface area contributed by atoms with E-state index < -0.39 is 12.1 Å². The van der Waals surface area contributed by atoms with E-state index >= 15 is 0 Å². The van der Waals surface area contributed by atoms with E-state index in [0.717, 1.165) is 24.8 Å². The molecule has 2 rings (SSSR count). The van der Waals surface area contributed by atoms with Crippen LogP contribution in [0.15, 0.2) is 33.9 Å². The zero-order valence-corrected chi connectivity index (χ0v) is 11.8. The Kier molecular flexibility index (Phi) is 5.13. The average molecular weight is 313 g/mol. The lowest BCUT2D eigenvalue weighted by atomic mass is 10.1. The van der Waals surface area contributed by atoms with E-state index in [2.05, 4.69) is 24.7 Å². The van der Waals surface area contributed by atoms with Crippen molar-refractivity contribution < 1.29 is 22.5 Å². The standard InChI is InChI=1S/C14H14F3N3O2/c1-21-18-9-3-2-4-10-5-7-11(8-6-10)12-19-13(22-20-12)14(15,16)17/h5-9H,2-4H2,1H3/b18-9+. The van der Waals surface area contributed by atoms with Crippen LogP contribution in [0.2, 0.25) is 0 Å². The summed E-state index contributed by atoms with van der Waals surface area (Å²) in [7, 11) is 1.48. The summed E-state index contributed by atoms with van der Waals surface area (Å²) in [6.45, 7) is 0. The van der Waals surface area contributed by atoms with Crippen LogP contribution < -0.4 is 0 Å². The van der Waals surface area contributed by atoms with Gasteiger partial charge in [-0.25, -0.2) is 0 Å².